The Labute approximate surface area is 170 Å². The van der Waals surface area contributed by atoms with Gasteiger partial charge in [0.05, 0.1) is 11.2 Å². The van der Waals surface area contributed by atoms with Crippen molar-refractivity contribution in [2.45, 2.75) is 45.4 Å². The van der Waals surface area contributed by atoms with E-state index in [0.29, 0.717) is 35.5 Å². The number of aryl methyl sites for hydroxylation is 1. The number of carbonyl (C=O) groups is 1. The first-order valence-electron chi connectivity index (χ1n) is 9.84. The number of para-hydroxylation sites is 1. The van der Waals surface area contributed by atoms with Gasteiger partial charge in [0.25, 0.3) is 5.91 Å². The van der Waals surface area contributed by atoms with Gasteiger partial charge < -0.3 is 9.88 Å². The number of carbonyl (C=O) groups excluding carboxylic acids is 1. The molecule has 5 nitrogen and oxygen atoms in total. The number of halogens is 1. The molecular formula is C22H25ClN4O. The second-order valence-corrected chi connectivity index (χ2v) is 8.26. The van der Waals surface area contributed by atoms with E-state index in [9.17, 15) is 4.79 Å². The number of likely N-dealkylation sites (tertiary alicyclic amines) is 1. The van der Waals surface area contributed by atoms with Gasteiger partial charge in [0.15, 0.2) is 5.69 Å². The van der Waals surface area contributed by atoms with Crippen LogP contribution >= 0.6 is 11.6 Å². The second kappa shape index (κ2) is 7.55. The molecule has 0 bridgehead atoms. The summed E-state index contributed by atoms with van der Waals surface area (Å²) in [6.07, 6.45) is 3.42. The van der Waals surface area contributed by atoms with E-state index in [1.54, 1.807) is 6.20 Å². The number of nitrogens with zero attached hydrogens (tertiary/aromatic N) is 3. The highest BCUT2D eigenvalue weighted by molar-refractivity contribution is 6.33. The fraction of sp³-hybridized carbons (Fsp3) is 0.409. The van der Waals surface area contributed by atoms with Crippen molar-refractivity contribution in [3.8, 4) is 0 Å². The van der Waals surface area contributed by atoms with Crippen molar-refractivity contribution in [3.63, 3.8) is 0 Å². The van der Waals surface area contributed by atoms with Crippen molar-refractivity contribution < 1.29 is 4.79 Å². The highest BCUT2D eigenvalue weighted by Gasteiger charge is 2.29. The molecule has 0 spiro atoms. The minimum Gasteiger partial charge on any atom is -0.358 e. The third-order valence-electron chi connectivity index (χ3n) is 5.62. The standard InChI is InChI=1S/C22H25ClN4O/c1-13(2)21-24-12-17(23)20(26-21)22(28)27-10-8-15(9-11-27)19-14(3)25-18-7-5-4-6-16(18)19/h4-7,12-13,15,25H,8-11H2,1-3H3. The molecule has 0 atom stereocenters. The van der Waals surface area contributed by atoms with Crippen LogP contribution in [0.2, 0.25) is 5.02 Å². The summed E-state index contributed by atoms with van der Waals surface area (Å²) in [5.74, 6) is 1.16. The minimum atomic E-state index is -0.0941. The highest BCUT2D eigenvalue weighted by Crippen LogP contribution is 2.36. The van der Waals surface area contributed by atoms with Crippen LogP contribution in [0.25, 0.3) is 10.9 Å². The van der Waals surface area contributed by atoms with Crippen molar-refractivity contribution in [1.82, 2.24) is 19.9 Å². The van der Waals surface area contributed by atoms with Crippen molar-refractivity contribution in [3.05, 3.63) is 58.3 Å². The highest BCUT2D eigenvalue weighted by atomic mass is 35.5. The number of aromatic amines is 1. The van der Waals surface area contributed by atoms with Gasteiger partial charge in [-0.2, -0.15) is 0 Å². The van der Waals surface area contributed by atoms with Crippen LogP contribution in [0.5, 0.6) is 0 Å². The van der Waals surface area contributed by atoms with Gasteiger partial charge in [0, 0.05) is 35.6 Å². The number of hydrogen-bond acceptors (Lipinski definition) is 3. The first-order valence-corrected chi connectivity index (χ1v) is 10.2. The van der Waals surface area contributed by atoms with Gasteiger partial charge >= 0.3 is 0 Å². The lowest BCUT2D eigenvalue weighted by Crippen LogP contribution is -2.38. The molecule has 0 saturated carbocycles. The van der Waals surface area contributed by atoms with E-state index in [2.05, 4.69) is 46.1 Å². The SMILES string of the molecule is Cc1[nH]c2ccccc2c1C1CCN(C(=O)c2nc(C(C)C)ncc2Cl)CC1. The Morgan fingerprint density at radius 3 is 2.68 bits per heavy atom. The van der Waals surface area contributed by atoms with Crippen molar-refractivity contribution >= 4 is 28.4 Å². The monoisotopic (exact) mass is 396 g/mol. The van der Waals surface area contributed by atoms with Crippen molar-refractivity contribution in [2.75, 3.05) is 13.1 Å². The van der Waals surface area contributed by atoms with Gasteiger partial charge in [0.2, 0.25) is 0 Å². The molecule has 6 heteroatoms. The van der Waals surface area contributed by atoms with E-state index in [1.807, 2.05) is 18.7 Å². The number of fused-ring (bicyclic) bond motifs is 1. The van der Waals surface area contributed by atoms with Gasteiger partial charge in [-0.3, -0.25) is 4.79 Å². The molecule has 1 saturated heterocycles. The number of aromatic nitrogens is 3. The Balaban J connectivity index is 1.52. The summed E-state index contributed by atoms with van der Waals surface area (Å²) in [6, 6.07) is 8.44. The largest absolute Gasteiger partial charge is 0.358 e. The quantitative estimate of drug-likeness (QED) is 0.672. The third-order valence-corrected chi connectivity index (χ3v) is 5.89. The Morgan fingerprint density at radius 2 is 1.96 bits per heavy atom. The molecule has 28 heavy (non-hydrogen) atoms. The molecule has 146 valence electrons. The van der Waals surface area contributed by atoms with E-state index in [-0.39, 0.29) is 11.8 Å². The van der Waals surface area contributed by atoms with Gasteiger partial charge in [-0.05, 0) is 37.3 Å². The number of hydrogen-bond donors (Lipinski definition) is 1. The summed E-state index contributed by atoms with van der Waals surface area (Å²) < 4.78 is 0. The molecule has 1 aromatic carbocycles. The van der Waals surface area contributed by atoms with Gasteiger partial charge in [-0.1, -0.05) is 43.6 Å². The zero-order chi connectivity index (χ0) is 19.8. The van der Waals surface area contributed by atoms with Gasteiger partial charge in [-0.25, -0.2) is 9.97 Å². The van der Waals surface area contributed by atoms with Gasteiger partial charge in [0.1, 0.15) is 5.82 Å². The van der Waals surface area contributed by atoms with Crippen LogP contribution in [0.15, 0.2) is 30.5 Å². The lowest BCUT2D eigenvalue weighted by molar-refractivity contribution is 0.0707. The molecule has 1 amide bonds. The maximum atomic E-state index is 13.0. The van der Waals surface area contributed by atoms with Crippen LogP contribution in [0.3, 0.4) is 0 Å². The topological polar surface area (TPSA) is 61.9 Å². The number of benzene rings is 1. The Morgan fingerprint density at radius 1 is 1.25 bits per heavy atom. The normalized spacial score (nSPS) is 15.5. The molecule has 3 aromatic rings. The van der Waals surface area contributed by atoms with Gasteiger partial charge in [-0.15, -0.1) is 0 Å². The molecule has 0 radical (unpaired) electrons. The molecule has 1 aliphatic rings. The summed E-state index contributed by atoms with van der Waals surface area (Å²) in [5, 5.41) is 1.62. The van der Waals surface area contributed by atoms with E-state index in [0.717, 1.165) is 12.8 Å². The van der Waals surface area contributed by atoms with Crippen LogP contribution in [0.4, 0.5) is 0 Å². The molecule has 2 aromatic heterocycles. The lowest BCUT2D eigenvalue weighted by Gasteiger charge is -2.32. The molecule has 3 heterocycles. The summed E-state index contributed by atoms with van der Waals surface area (Å²) in [5.41, 5.74) is 4.13. The first kappa shape index (κ1) is 18.9. The first-order chi connectivity index (χ1) is 13.5. The van der Waals surface area contributed by atoms with E-state index in [4.69, 9.17) is 11.6 Å². The van der Waals surface area contributed by atoms with E-state index in [1.165, 1.54) is 22.2 Å². The van der Waals surface area contributed by atoms with E-state index >= 15 is 0 Å². The minimum absolute atomic E-state index is 0.0941. The van der Waals surface area contributed by atoms with Crippen LogP contribution in [-0.2, 0) is 0 Å². The molecule has 0 unspecified atom stereocenters. The number of amides is 1. The third kappa shape index (κ3) is 3.39. The Bertz CT molecular complexity index is 1020. The summed E-state index contributed by atoms with van der Waals surface area (Å²) >= 11 is 6.23. The predicted octanol–water partition coefficient (Wildman–Crippen LogP) is 5.06. The smallest absolute Gasteiger partial charge is 0.274 e. The number of rotatable bonds is 3. The summed E-state index contributed by atoms with van der Waals surface area (Å²) in [7, 11) is 0. The zero-order valence-corrected chi connectivity index (χ0v) is 17.3. The molecule has 0 aliphatic carbocycles. The molecule has 1 N–H and O–H groups in total. The summed E-state index contributed by atoms with van der Waals surface area (Å²) in [6.45, 7) is 7.57. The van der Waals surface area contributed by atoms with Crippen LogP contribution in [0, 0.1) is 6.92 Å². The Hall–Kier alpha value is -2.40. The molecule has 4 rings (SSSR count). The number of H-pyrrole nitrogens is 1. The average molecular weight is 397 g/mol. The number of nitrogens with one attached hydrogen (secondary N) is 1. The maximum Gasteiger partial charge on any atom is 0.274 e. The fourth-order valence-electron chi connectivity index (χ4n) is 4.15. The number of piperidine rings is 1. The maximum absolute atomic E-state index is 13.0. The average Bonchev–Trinajstić information content (AvgIpc) is 3.03. The zero-order valence-electron chi connectivity index (χ0n) is 16.5. The van der Waals surface area contributed by atoms with Crippen molar-refractivity contribution in [2.24, 2.45) is 0 Å². The summed E-state index contributed by atoms with van der Waals surface area (Å²) in [4.78, 5) is 27.0. The van der Waals surface area contributed by atoms with Crippen LogP contribution < -0.4 is 0 Å². The fourth-order valence-corrected chi connectivity index (χ4v) is 4.33. The molecular weight excluding hydrogens is 372 g/mol. The second-order valence-electron chi connectivity index (χ2n) is 7.86. The van der Waals surface area contributed by atoms with E-state index < -0.39 is 0 Å². The Kier molecular flexibility index (Phi) is 5.11. The predicted molar refractivity (Wildman–Crippen MR) is 112 cm³/mol. The van der Waals surface area contributed by atoms with Crippen LogP contribution in [-0.4, -0.2) is 38.8 Å². The molecule has 1 fully saturated rings. The van der Waals surface area contributed by atoms with Crippen LogP contribution in [0.1, 0.15) is 66.1 Å². The lowest BCUT2D eigenvalue weighted by atomic mass is 9.87. The molecule has 1 aliphatic heterocycles. The van der Waals surface area contributed by atoms with Crippen molar-refractivity contribution in [1.29, 1.82) is 0 Å².